The Morgan fingerprint density at radius 2 is 1.66 bits per heavy atom. The number of β-lactam (4-membered cyclic amide) rings is 1. The highest BCUT2D eigenvalue weighted by Crippen LogP contribution is 2.51. The maximum atomic E-state index is 13.6. The van der Waals surface area contributed by atoms with Gasteiger partial charge in [0.25, 0.3) is 0 Å². The van der Waals surface area contributed by atoms with Gasteiger partial charge in [-0.1, -0.05) is 48.5 Å². The number of methoxy groups -OCH3 is 1. The van der Waals surface area contributed by atoms with Crippen LogP contribution in [0, 0.1) is 0 Å². The maximum absolute atomic E-state index is 13.6. The Labute approximate surface area is 185 Å². The summed E-state index contributed by atoms with van der Waals surface area (Å²) in [6.45, 7) is 0.220. The van der Waals surface area contributed by atoms with E-state index in [1.54, 1.807) is 7.11 Å². The third-order valence-electron chi connectivity index (χ3n) is 6.34. The molecular weight excluding hydrogens is 402 g/mol. The van der Waals surface area contributed by atoms with Crippen molar-refractivity contribution in [1.29, 1.82) is 0 Å². The molecule has 5 nitrogen and oxygen atoms in total. The number of hydrogen-bond donors (Lipinski definition) is 0. The molecule has 0 aliphatic carbocycles. The molecular formula is C27H21NO4. The third kappa shape index (κ3) is 2.82. The highest BCUT2D eigenvalue weighted by atomic mass is 16.7. The minimum absolute atomic E-state index is 0.0780. The normalized spacial score (nSPS) is 19.2. The molecule has 158 valence electrons. The average Bonchev–Trinajstić information content (AvgIpc) is 3.31. The number of fused-ring (bicyclic) bond motifs is 2. The topological polar surface area (TPSA) is 48.0 Å². The van der Waals surface area contributed by atoms with Crippen LogP contribution in [0.1, 0.15) is 23.1 Å². The Morgan fingerprint density at radius 3 is 2.50 bits per heavy atom. The number of ether oxygens (including phenoxy) is 3. The van der Waals surface area contributed by atoms with Crippen LogP contribution in [-0.2, 0) is 4.79 Å². The Bertz CT molecular complexity index is 1330. The van der Waals surface area contributed by atoms with Crippen molar-refractivity contribution in [3.63, 3.8) is 0 Å². The number of hydrogen-bond acceptors (Lipinski definition) is 4. The third-order valence-corrected chi connectivity index (χ3v) is 6.34. The summed E-state index contributed by atoms with van der Waals surface area (Å²) >= 11 is 0. The Kier molecular flexibility index (Phi) is 4.28. The Hall–Kier alpha value is -3.99. The lowest BCUT2D eigenvalue weighted by atomic mass is 9.76. The molecule has 32 heavy (non-hydrogen) atoms. The molecule has 1 fully saturated rings. The van der Waals surface area contributed by atoms with Crippen LogP contribution in [0.4, 0.5) is 5.69 Å². The highest BCUT2D eigenvalue weighted by Gasteiger charge is 2.50. The Balaban J connectivity index is 1.48. The summed E-state index contributed by atoms with van der Waals surface area (Å²) in [5.41, 5.74) is 2.90. The number of carbonyl (C=O) groups is 1. The number of nitrogens with zero attached hydrogens (tertiary/aromatic N) is 1. The molecule has 0 bridgehead atoms. The van der Waals surface area contributed by atoms with Gasteiger partial charge in [0.15, 0.2) is 11.5 Å². The van der Waals surface area contributed by atoms with Gasteiger partial charge in [0.05, 0.1) is 19.1 Å². The summed E-state index contributed by atoms with van der Waals surface area (Å²) in [5, 5.41) is 2.23. The summed E-state index contributed by atoms with van der Waals surface area (Å²) in [6.07, 6.45) is 0. The first-order chi connectivity index (χ1) is 15.7. The van der Waals surface area contributed by atoms with E-state index in [4.69, 9.17) is 14.2 Å². The summed E-state index contributed by atoms with van der Waals surface area (Å²) in [4.78, 5) is 15.5. The fourth-order valence-electron chi connectivity index (χ4n) is 4.78. The molecule has 0 aromatic heterocycles. The van der Waals surface area contributed by atoms with Crippen LogP contribution in [-0.4, -0.2) is 19.8 Å². The number of amides is 1. The van der Waals surface area contributed by atoms with E-state index in [2.05, 4.69) is 24.3 Å². The van der Waals surface area contributed by atoms with Crippen molar-refractivity contribution in [1.82, 2.24) is 0 Å². The van der Waals surface area contributed by atoms with E-state index in [1.807, 2.05) is 65.6 Å². The number of carbonyl (C=O) groups excluding carboxylic acids is 1. The number of benzene rings is 4. The van der Waals surface area contributed by atoms with Gasteiger partial charge < -0.3 is 19.1 Å². The van der Waals surface area contributed by atoms with Gasteiger partial charge in [-0.25, -0.2) is 0 Å². The first-order valence-electron chi connectivity index (χ1n) is 10.6. The molecule has 2 aliphatic heterocycles. The van der Waals surface area contributed by atoms with Crippen molar-refractivity contribution in [3.8, 4) is 17.2 Å². The molecule has 4 aromatic carbocycles. The van der Waals surface area contributed by atoms with Crippen molar-refractivity contribution in [3.05, 3.63) is 96.1 Å². The van der Waals surface area contributed by atoms with E-state index in [-0.39, 0.29) is 24.7 Å². The zero-order chi connectivity index (χ0) is 21.7. The van der Waals surface area contributed by atoms with Crippen molar-refractivity contribution in [2.75, 3.05) is 18.8 Å². The van der Waals surface area contributed by atoms with Crippen LogP contribution >= 0.6 is 0 Å². The van der Waals surface area contributed by atoms with E-state index in [0.717, 1.165) is 39.1 Å². The molecule has 0 N–H and O–H groups in total. The van der Waals surface area contributed by atoms with E-state index < -0.39 is 0 Å². The van der Waals surface area contributed by atoms with Crippen LogP contribution in [0.3, 0.4) is 0 Å². The monoisotopic (exact) mass is 423 g/mol. The highest BCUT2D eigenvalue weighted by molar-refractivity contribution is 6.09. The predicted octanol–water partition coefficient (Wildman–Crippen LogP) is 5.45. The van der Waals surface area contributed by atoms with Crippen LogP contribution < -0.4 is 19.1 Å². The van der Waals surface area contributed by atoms with Crippen molar-refractivity contribution in [2.24, 2.45) is 0 Å². The van der Waals surface area contributed by atoms with Gasteiger partial charge >= 0.3 is 0 Å². The molecule has 4 aromatic rings. The summed E-state index contributed by atoms with van der Waals surface area (Å²) in [7, 11) is 1.63. The molecule has 1 amide bonds. The second-order valence-electron chi connectivity index (χ2n) is 8.01. The summed E-state index contributed by atoms with van der Waals surface area (Å²) < 4.78 is 16.4. The maximum Gasteiger partial charge on any atom is 0.237 e. The van der Waals surface area contributed by atoms with E-state index in [1.165, 1.54) is 0 Å². The van der Waals surface area contributed by atoms with Crippen LogP contribution in [0.15, 0.2) is 84.9 Å². The first-order valence-corrected chi connectivity index (χ1v) is 10.6. The standard InChI is InChI=1S/C27H21NO4/c1-30-20-12-10-19(11-13-20)28-26(18-9-14-23-24(15-18)32-16-31-23)25(27(28)29)22-8-4-6-17-5-2-3-7-21(17)22/h2-15,25-26H,16H2,1H3/t25-,26-/m1/s1. The minimum atomic E-state index is -0.288. The Morgan fingerprint density at radius 1 is 0.875 bits per heavy atom. The minimum Gasteiger partial charge on any atom is -0.497 e. The molecule has 0 saturated carbocycles. The van der Waals surface area contributed by atoms with Gasteiger partial charge in [-0.2, -0.15) is 0 Å². The predicted molar refractivity (Wildman–Crippen MR) is 122 cm³/mol. The summed E-state index contributed by atoms with van der Waals surface area (Å²) in [5.74, 6) is 2.00. The zero-order valence-corrected chi connectivity index (χ0v) is 17.5. The van der Waals surface area contributed by atoms with Gasteiger partial charge in [0.2, 0.25) is 12.7 Å². The van der Waals surface area contributed by atoms with Crippen LogP contribution in [0.25, 0.3) is 10.8 Å². The fraction of sp³-hybridized carbons (Fsp3) is 0.148. The lowest BCUT2D eigenvalue weighted by molar-refractivity contribution is -0.126. The summed E-state index contributed by atoms with van der Waals surface area (Å²) in [6, 6.07) is 27.8. The number of anilines is 1. The molecule has 1 saturated heterocycles. The van der Waals surface area contributed by atoms with Crippen molar-refractivity contribution >= 4 is 22.4 Å². The second kappa shape index (κ2) is 7.31. The quantitative estimate of drug-likeness (QED) is 0.410. The second-order valence-corrected chi connectivity index (χ2v) is 8.01. The SMILES string of the molecule is COc1ccc(N2C(=O)[C@H](c3cccc4ccccc34)[C@H]2c2ccc3c(c2)OCO3)cc1. The molecule has 2 aliphatic rings. The molecule has 2 atom stereocenters. The zero-order valence-electron chi connectivity index (χ0n) is 17.5. The van der Waals surface area contributed by atoms with Gasteiger partial charge in [-0.15, -0.1) is 0 Å². The van der Waals surface area contributed by atoms with Gasteiger partial charge in [-0.3, -0.25) is 4.79 Å². The molecule has 5 heteroatoms. The largest absolute Gasteiger partial charge is 0.497 e. The molecule has 0 unspecified atom stereocenters. The number of rotatable bonds is 4. The van der Waals surface area contributed by atoms with Crippen molar-refractivity contribution < 1.29 is 19.0 Å². The molecule has 6 rings (SSSR count). The van der Waals surface area contributed by atoms with E-state index >= 15 is 0 Å². The fourth-order valence-corrected chi connectivity index (χ4v) is 4.78. The van der Waals surface area contributed by atoms with Crippen molar-refractivity contribution in [2.45, 2.75) is 12.0 Å². The smallest absolute Gasteiger partial charge is 0.237 e. The van der Waals surface area contributed by atoms with Crippen LogP contribution in [0.5, 0.6) is 17.2 Å². The average molecular weight is 423 g/mol. The first kappa shape index (κ1) is 18.8. The lowest BCUT2D eigenvalue weighted by Crippen LogP contribution is -2.53. The van der Waals surface area contributed by atoms with E-state index in [0.29, 0.717) is 5.75 Å². The lowest BCUT2D eigenvalue weighted by Gasteiger charge is -2.48. The van der Waals surface area contributed by atoms with Gasteiger partial charge in [0, 0.05) is 5.69 Å². The van der Waals surface area contributed by atoms with E-state index in [9.17, 15) is 4.79 Å². The van der Waals surface area contributed by atoms with Gasteiger partial charge in [0.1, 0.15) is 5.75 Å². The molecule has 2 heterocycles. The van der Waals surface area contributed by atoms with Crippen LogP contribution in [0.2, 0.25) is 0 Å². The molecule has 0 spiro atoms. The van der Waals surface area contributed by atoms with Gasteiger partial charge in [-0.05, 0) is 58.3 Å². The molecule has 0 radical (unpaired) electrons.